The van der Waals surface area contributed by atoms with Gasteiger partial charge in [0.2, 0.25) is 0 Å². The fraction of sp³-hybridized carbons (Fsp3) is 0.222. The normalized spacial score (nSPS) is 15.4. The van der Waals surface area contributed by atoms with Crippen molar-refractivity contribution >= 4 is 17.5 Å². The van der Waals surface area contributed by atoms with Crippen LogP contribution in [-0.2, 0) is 11.8 Å². The molecule has 1 fully saturated rings. The van der Waals surface area contributed by atoms with Crippen LogP contribution in [0.1, 0.15) is 46.0 Å². The van der Waals surface area contributed by atoms with Crippen LogP contribution in [0.25, 0.3) is 0 Å². The first-order valence-electron chi connectivity index (χ1n) is 11.1. The third-order valence-corrected chi connectivity index (χ3v) is 6.74. The van der Waals surface area contributed by atoms with Crippen LogP contribution in [0.4, 0.5) is 0 Å². The molecule has 1 aromatic heterocycles. The van der Waals surface area contributed by atoms with Crippen LogP contribution in [0.2, 0.25) is 5.02 Å². The Bertz CT molecular complexity index is 1170. The van der Waals surface area contributed by atoms with Crippen LogP contribution < -0.4 is 0 Å². The Morgan fingerprint density at radius 3 is 2.03 bits per heavy atom. The summed E-state index contributed by atoms with van der Waals surface area (Å²) in [5, 5.41) is 4.68. The standard InChI is InChI=1S/C27H24ClN3O2/c28-23-13-11-20(12-14-23)19-24-29-25(33-30-24)26(32)31-17-15-27(16-18-31,21-7-3-1-4-8-21)22-9-5-2-6-10-22/h1-14H,15-19H2. The molecular weight excluding hydrogens is 434 g/mol. The second kappa shape index (κ2) is 9.20. The number of hydrogen-bond donors (Lipinski definition) is 0. The highest BCUT2D eigenvalue weighted by Crippen LogP contribution is 2.41. The van der Waals surface area contributed by atoms with Crippen LogP contribution in [-0.4, -0.2) is 34.0 Å². The Hall–Kier alpha value is -3.44. The van der Waals surface area contributed by atoms with Gasteiger partial charge in [-0.2, -0.15) is 4.98 Å². The largest absolute Gasteiger partial charge is 0.334 e. The molecule has 0 saturated carbocycles. The number of carbonyl (C=O) groups is 1. The van der Waals surface area contributed by atoms with Crippen molar-refractivity contribution in [3.63, 3.8) is 0 Å². The van der Waals surface area contributed by atoms with E-state index in [1.807, 2.05) is 41.3 Å². The van der Waals surface area contributed by atoms with E-state index in [9.17, 15) is 4.79 Å². The zero-order valence-electron chi connectivity index (χ0n) is 18.2. The smallest absolute Gasteiger partial charge is 0.316 e. The molecule has 3 aromatic carbocycles. The van der Waals surface area contributed by atoms with Gasteiger partial charge in [0.1, 0.15) is 0 Å². The minimum atomic E-state index is -0.209. The van der Waals surface area contributed by atoms with E-state index in [0.29, 0.717) is 30.4 Å². The van der Waals surface area contributed by atoms with E-state index in [-0.39, 0.29) is 17.2 Å². The van der Waals surface area contributed by atoms with E-state index in [1.54, 1.807) is 0 Å². The summed E-state index contributed by atoms with van der Waals surface area (Å²) in [7, 11) is 0. The van der Waals surface area contributed by atoms with Crippen molar-refractivity contribution in [3.05, 3.63) is 118 Å². The lowest BCUT2D eigenvalue weighted by atomic mass is 9.68. The van der Waals surface area contributed by atoms with Crippen molar-refractivity contribution in [3.8, 4) is 0 Å². The maximum atomic E-state index is 13.1. The molecule has 1 aliphatic rings. The molecule has 1 amide bonds. The van der Waals surface area contributed by atoms with Crippen LogP contribution >= 0.6 is 11.6 Å². The van der Waals surface area contributed by atoms with Crippen molar-refractivity contribution in [2.24, 2.45) is 0 Å². The summed E-state index contributed by atoms with van der Waals surface area (Å²) in [5.74, 6) is 0.325. The third kappa shape index (κ3) is 4.41. The van der Waals surface area contributed by atoms with Gasteiger partial charge in [-0.05, 0) is 41.7 Å². The van der Waals surface area contributed by atoms with Gasteiger partial charge in [0.05, 0.1) is 0 Å². The van der Waals surface area contributed by atoms with Gasteiger partial charge in [-0.15, -0.1) is 0 Å². The quantitative estimate of drug-likeness (QED) is 0.395. The van der Waals surface area contributed by atoms with Crippen molar-refractivity contribution in [2.75, 3.05) is 13.1 Å². The van der Waals surface area contributed by atoms with Crippen LogP contribution in [0, 0.1) is 0 Å². The predicted molar refractivity (Wildman–Crippen MR) is 127 cm³/mol. The number of aromatic nitrogens is 2. The van der Waals surface area contributed by atoms with Crippen molar-refractivity contribution in [1.82, 2.24) is 15.0 Å². The predicted octanol–water partition coefficient (Wildman–Crippen LogP) is 5.54. The zero-order chi connectivity index (χ0) is 22.7. The molecule has 1 aliphatic heterocycles. The Morgan fingerprint density at radius 2 is 1.45 bits per heavy atom. The van der Waals surface area contributed by atoms with E-state index in [1.165, 1.54) is 11.1 Å². The average Bonchev–Trinajstić information content (AvgIpc) is 3.34. The Kier molecular flexibility index (Phi) is 5.97. The molecule has 0 bridgehead atoms. The van der Waals surface area contributed by atoms with E-state index >= 15 is 0 Å². The number of hydrogen-bond acceptors (Lipinski definition) is 4. The molecule has 2 heterocycles. The molecule has 6 heteroatoms. The summed E-state index contributed by atoms with van der Waals surface area (Å²) >= 11 is 5.94. The lowest BCUT2D eigenvalue weighted by Crippen LogP contribution is -2.45. The number of benzene rings is 3. The fourth-order valence-corrected chi connectivity index (χ4v) is 4.81. The van der Waals surface area contributed by atoms with Crippen molar-refractivity contribution in [2.45, 2.75) is 24.7 Å². The maximum absolute atomic E-state index is 13.1. The van der Waals surface area contributed by atoms with Gasteiger partial charge in [-0.1, -0.05) is 89.6 Å². The Morgan fingerprint density at radius 1 is 0.879 bits per heavy atom. The van der Waals surface area contributed by atoms with Crippen LogP contribution in [0.5, 0.6) is 0 Å². The second-order valence-corrected chi connectivity index (χ2v) is 8.86. The monoisotopic (exact) mass is 457 g/mol. The SMILES string of the molecule is O=C(c1nc(Cc2ccc(Cl)cc2)no1)N1CCC(c2ccccc2)(c2ccccc2)CC1. The molecule has 166 valence electrons. The summed E-state index contributed by atoms with van der Waals surface area (Å²) in [6, 6.07) is 28.6. The highest BCUT2D eigenvalue weighted by atomic mass is 35.5. The summed E-state index contributed by atoms with van der Waals surface area (Å²) in [5.41, 5.74) is 3.46. The summed E-state index contributed by atoms with van der Waals surface area (Å²) in [6.45, 7) is 1.25. The highest BCUT2D eigenvalue weighted by molar-refractivity contribution is 6.30. The molecule has 0 radical (unpaired) electrons. The number of amides is 1. The molecule has 0 N–H and O–H groups in total. The van der Waals surface area contributed by atoms with Gasteiger partial charge in [0.15, 0.2) is 5.82 Å². The number of halogens is 1. The first-order chi connectivity index (χ1) is 16.1. The van der Waals surface area contributed by atoms with Crippen LogP contribution in [0.3, 0.4) is 0 Å². The van der Waals surface area contributed by atoms with Crippen molar-refractivity contribution in [1.29, 1.82) is 0 Å². The number of carbonyl (C=O) groups excluding carboxylic acids is 1. The molecule has 0 spiro atoms. The third-order valence-electron chi connectivity index (χ3n) is 6.48. The van der Waals surface area contributed by atoms with E-state index in [0.717, 1.165) is 18.4 Å². The van der Waals surface area contributed by atoms with Gasteiger partial charge in [0.25, 0.3) is 0 Å². The minimum Gasteiger partial charge on any atom is -0.334 e. The molecular formula is C27H24ClN3O2. The molecule has 5 rings (SSSR count). The van der Waals surface area contributed by atoms with Gasteiger partial charge in [-0.25, -0.2) is 0 Å². The molecule has 0 unspecified atom stereocenters. The van der Waals surface area contributed by atoms with Gasteiger partial charge in [0, 0.05) is 29.9 Å². The van der Waals surface area contributed by atoms with Gasteiger partial charge >= 0.3 is 11.8 Å². The molecule has 0 atom stereocenters. The lowest BCUT2D eigenvalue weighted by molar-refractivity contribution is 0.0636. The molecule has 0 aliphatic carbocycles. The second-order valence-electron chi connectivity index (χ2n) is 8.43. The van der Waals surface area contributed by atoms with Gasteiger partial charge in [-0.3, -0.25) is 4.79 Å². The van der Waals surface area contributed by atoms with Gasteiger partial charge < -0.3 is 9.42 Å². The number of nitrogens with zero attached hydrogens (tertiary/aromatic N) is 3. The topological polar surface area (TPSA) is 59.2 Å². The summed E-state index contributed by atoms with van der Waals surface area (Å²) < 4.78 is 5.32. The molecule has 1 saturated heterocycles. The fourth-order valence-electron chi connectivity index (χ4n) is 4.68. The van der Waals surface area contributed by atoms with Crippen LogP contribution in [0.15, 0.2) is 89.5 Å². The first-order valence-corrected chi connectivity index (χ1v) is 11.5. The highest BCUT2D eigenvalue weighted by Gasteiger charge is 2.39. The number of piperidine rings is 1. The zero-order valence-corrected chi connectivity index (χ0v) is 18.9. The maximum Gasteiger partial charge on any atom is 0.316 e. The lowest BCUT2D eigenvalue weighted by Gasteiger charge is -2.42. The number of likely N-dealkylation sites (tertiary alicyclic amines) is 1. The first kappa shape index (κ1) is 21.4. The summed E-state index contributed by atoms with van der Waals surface area (Å²) in [4.78, 5) is 19.3. The van der Waals surface area contributed by atoms with E-state index in [4.69, 9.17) is 16.1 Å². The van der Waals surface area contributed by atoms with Crippen molar-refractivity contribution < 1.29 is 9.32 Å². The Labute approximate surface area is 198 Å². The minimum absolute atomic E-state index is 0.0471. The van der Waals surface area contributed by atoms with E-state index in [2.05, 4.69) is 58.7 Å². The molecule has 5 nitrogen and oxygen atoms in total. The average molecular weight is 458 g/mol. The molecule has 4 aromatic rings. The molecule has 33 heavy (non-hydrogen) atoms. The van der Waals surface area contributed by atoms with E-state index < -0.39 is 0 Å². The summed E-state index contributed by atoms with van der Waals surface area (Å²) in [6.07, 6.45) is 2.15. The number of rotatable bonds is 5. The Balaban J connectivity index is 1.31.